The number of benzene rings is 1. The molecule has 2 rings (SSSR count). The Bertz CT molecular complexity index is 783. The van der Waals surface area contributed by atoms with E-state index in [1.54, 1.807) is 21.0 Å². The van der Waals surface area contributed by atoms with Gasteiger partial charge in [0.2, 0.25) is 11.9 Å². The fourth-order valence-electron chi connectivity index (χ4n) is 2.17. The first kappa shape index (κ1) is 16.5. The summed E-state index contributed by atoms with van der Waals surface area (Å²) >= 11 is 0. The van der Waals surface area contributed by atoms with Crippen LogP contribution in [0.1, 0.15) is 16.8 Å². The number of carbonyl (C=O) groups excluding carboxylic acids is 1. The molecule has 0 unspecified atom stereocenters. The van der Waals surface area contributed by atoms with Crippen LogP contribution in [0.15, 0.2) is 29.1 Å². The van der Waals surface area contributed by atoms with Crippen LogP contribution in [0.4, 0.5) is 5.95 Å². The average molecular weight is 316 g/mol. The summed E-state index contributed by atoms with van der Waals surface area (Å²) in [4.78, 5) is 28.3. The van der Waals surface area contributed by atoms with Crippen LogP contribution >= 0.6 is 0 Å². The number of aromatic nitrogens is 2. The Hall–Kier alpha value is -2.83. The van der Waals surface area contributed by atoms with Crippen molar-refractivity contribution in [2.45, 2.75) is 26.9 Å². The quantitative estimate of drug-likeness (QED) is 0.848. The predicted molar refractivity (Wildman–Crippen MR) is 87.2 cm³/mol. The van der Waals surface area contributed by atoms with Gasteiger partial charge in [0.1, 0.15) is 12.3 Å². The van der Waals surface area contributed by atoms with E-state index in [-0.39, 0.29) is 24.0 Å². The number of hydrogen-bond donors (Lipinski definition) is 2. The topological polar surface area (TPSA) is 99.2 Å². The molecular weight excluding hydrogens is 296 g/mol. The minimum atomic E-state index is -0.324. The summed E-state index contributed by atoms with van der Waals surface area (Å²) in [6, 6.07) is 7.39. The zero-order valence-corrected chi connectivity index (χ0v) is 13.4. The molecule has 0 bridgehead atoms. The molecule has 0 saturated heterocycles. The number of nitrogens with zero attached hydrogens (tertiary/aromatic N) is 2. The minimum Gasteiger partial charge on any atom is -0.496 e. The Balaban J connectivity index is 2.09. The summed E-state index contributed by atoms with van der Waals surface area (Å²) in [5.41, 5.74) is 7.34. The van der Waals surface area contributed by atoms with Gasteiger partial charge in [-0.05, 0) is 19.9 Å². The first-order chi connectivity index (χ1) is 10.9. The van der Waals surface area contributed by atoms with E-state index in [0.717, 1.165) is 5.56 Å². The van der Waals surface area contributed by atoms with Gasteiger partial charge in [0.15, 0.2) is 0 Å². The predicted octanol–water partition coefficient (Wildman–Crippen LogP) is 0.767. The number of amides is 1. The number of hydrogen-bond acceptors (Lipinski definition) is 5. The molecule has 23 heavy (non-hydrogen) atoms. The van der Waals surface area contributed by atoms with E-state index < -0.39 is 0 Å². The van der Waals surface area contributed by atoms with Crippen molar-refractivity contribution in [3.63, 3.8) is 0 Å². The van der Waals surface area contributed by atoms with Crippen LogP contribution in [-0.4, -0.2) is 22.6 Å². The highest BCUT2D eigenvalue weighted by Crippen LogP contribution is 2.16. The Labute approximate surface area is 134 Å². The highest BCUT2D eigenvalue weighted by Gasteiger charge is 2.12. The fourth-order valence-corrected chi connectivity index (χ4v) is 2.17. The SMILES string of the molecule is COc1ccccc1CNC(=O)Cn1c(N)nc(C)c(C)c1=O. The number of ether oxygens (including phenoxy) is 1. The van der Waals surface area contributed by atoms with Gasteiger partial charge in [0.25, 0.3) is 5.56 Å². The molecule has 1 amide bonds. The summed E-state index contributed by atoms with van der Waals surface area (Å²) in [6.45, 7) is 3.50. The summed E-state index contributed by atoms with van der Waals surface area (Å²) in [7, 11) is 1.57. The average Bonchev–Trinajstić information content (AvgIpc) is 2.55. The number of nitrogens with two attached hydrogens (primary N) is 1. The number of anilines is 1. The Kier molecular flexibility index (Phi) is 5.00. The van der Waals surface area contributed by atoms with Crippen molar-refractivity contribution in [2.24, 2.45) is 0 Å². The van der Waals surface area contributed by atoms with Gasteiger partial charge in [-0.15, -0.1) is 0 Å². The molecule has 1 aromatic heterocycles. The summed E-state index contributed by atoms with van der Waals surface area (Å²) in [5, 5.41) is 2.75. The molecule has 2 aromatic rings. The van der Waals surface area contributed by atoms with Gasteiger partial charge in [-0.25, -0.2) is 4.98 Å². The lowest BCUT2D eigenvalue weighted by molar-refractivity contribution is -0.121. The van der Waals surface area contributed by atoms with Crippen molar-refractivity contribution in [1.82, 2.24) is 14.9 Å². The standard InChI is InChI=1S/C16H20N4O3/c1-10-11(2)19-16(17)20(15(10)22)9-14(21)18-8-12-6-4-5-7-13(12)23-3/h4-7H,8-9H2,1-3H3,(H2,17,19)(H,18,21). The molecular formula is C16H20N4O3. The molecule has 0 aliphatic heterocycles. The van der Waals surface area contributed by atoms with Crippen molar-refractivity contribution in [2.75, 3.05) is 12.8 Å². The van der Waals surface area contributed by atoms with E-state index in [4.69, 9.17) is 10.5 Å². The van der Waals surface area contributed by atoms with Gasteiger partial charge >= 0.3 is 0 Å². The minimum absolute atomic E-state index is 0.0329. The lowest BCUT2D eigenvalue weighted by atomic mass is 10.2. The number of aryl methyl sites for hydroxylation is 1. The van der Waals surface area contributed by atoms with Crippen molar-refractivity contribution in [3.05, 3.63) is 51.4 Å². The van der Waals surface area contributed by atoms with E-state index in [1.807, 2.05) is 24.3 Å². The van der Waals surface area contributed by atoms with E-state index >= 15 is 0 Å². The van der Waals surface area contributed by atoms with Crippen molar-refractivity contribution in [1.29, 1.82) is 0 Å². The maximum atomic E-state index is 12.2. The molecule has 3 N–H and O–H groups in total. The maximum Gasteiger partial charge on any atom is 0.258 e. The molecule has 0 fully saturated rings. The molecule has 0 atom stereocenters. The Morgan fingerprint density at radius 2 is 2.04 bits per heavy atom. The fraction of sp³-hybridized carbons (Fsp3) is 0.312. The number of methoxy groups -OCH3 is 1. The van der Waals surface area contributed by atoms with Crippen LogP contribution < -0.4 is 21.3 Å². The van der Waals surface area contributed by atoms with Crippen LogP contribution in [0.5, 0.6) is 5.75 Å². The van der Waals surface area contributed by atoms with Gasteiger partial charge in [0.05, 0.1) is 7.11 Å². The summed E-state index contributed by atoms with van der Waals surface area (Å²) in [6.07, 6.45) is 0. The van der Waals surface area contributed by atoms with E-state index in [2.05, 4.69) is 10.3 Å². The molecule has 0 radical (unpaired) electrons. The normalized spacial score (nSPS) is 10.4. The molecule has 0 aliphatic rings. The molecule has 0 spiro atoms. The molecule has 0 aliphatic carbocycles. The van der Waals surface area contributed by atoms with E-state index in [9.17, 15) is 9.59 Å². The van der Waals surface area contributed by atoms with Gasteiger partial charge in [-0.1, -0.05) is 18.2 Å². The second-order valence-corrected chi connectivity index (χ2v) is 5.16. The Morgan fingerprint density at radius 3 is 2.74 bits per heavy atom. The van der Waals surface area contributed by atoms with E-state index in [0.29, 0.717) is 23.6 Å². The second-order valence-electron chi connectivity index (χ2n) is 5.16. The molecule has 1 heterocycles. The van der Waals surface area contributed by atoms with Crippen molar-refractivity contribution < 1.29 is 9.53 Å². The van der Waals surface area contributed by atoms with Gasteiger partial charge in [0, 0.05) is 23.4 Å². The first-order valence-electron chi connectivity index (χ1n) is 7.16. The monoisotopic (exact) mass is 316 g/mol. The highest BCUT2D eigenvalue weighted by molar-refractivity contribution is 5.76. The third kappa shape index (κ3) is 3.68. The van der Waals surface area contributed by atoms with Gasteiger partial charge < -0.3 is 15.8 Å². The zero-order valence-electron chi connectivity index (χ0n) is 13.4. The van der Waals surface area contributed by atoms with Crippen LogP contribution in [0.2, 0.25) is 0 Å². The van der Waals surface area contributed by atoms with Crippen LogP contribution in [0, 0.1) is 13.8 Å². The number of para-hydroxylation sites is 1. The van der Waals surface area contributed by atoms with E-state index in [1.165, 1.54) is 4.57 Å². The molecule has 122 valence electrons. The Morgan fingerprint density at radius 1 is 1.35 bits per heavy atom. The number of carbonyl (C=O) groups is 1. The zero-order chi connectivity index (χ0) is 17.0. The third-order valence-corrected chi connectivity index (χ3v) is 3.64. The number of nitrogen functional groups attached to an aromatic ring is 1. The number of nitrogens with one attached hydrogen (secondary N) is 1. The van der Waals surface area contributed by atoms with Crippen LogP contribution in [0.3, 0.4) is 0 Å². The van der Waals surface area contributed by atoms with Crippen LogP contribution in [0.25, 0.3) is 0 Å². The van der Waals surface area contributed by atoms with Crippen LogP contribution in [-0.2, 0) is 17.9 Å². The smallest absolute Gasteiger partial charge is 0.258 e. The number of rotatable bonds is 5. The summed E-state index contributed by atoms with van der Waals surface area (Å²) < 4.78 is 6.39. The molecule has 0 saturated carbocycles. The molecule has 1 aromatic carbocycles. The second kappa shape index (κ2) is 6.95. The molecule has 7 heteroatoms. The highest BCUT2D eigenvalue weighted by atomic mass is 16.5. The lowest BCUT2D eigenvalue weighted by Crippen LogP contribution is -2.35. The largest absolute Gasteiger partial charge is 0.496 e. The lowest BCUT2D eigenvalue weighted by Gasteiger charge is -2.12. The van der Waals surface area contributed by atoms with Gasteiger partial charge in [-0.3, -0.25) is 14.2 Å². The molecule has 7 nitrogen and oxygen atoms in total. The van der Waals surface area contributed by atoms with Crippen molar-refractivity contribution >= 4 is 11.9 Å². The summed E-state index contributed by atoms with van der Waals surface area (Å²) in [5.74, 6) is 0.401. The third-order valence-electron chi connectivity index (χ3n) is 3.64. The first-order valence-corrected chi connectivity index (χ1v) is 7.16. The van der Waals surface area contributed by atoms with Crippen molar-refractivity contribution in [3.8, 4) is 5.75 Å². The maximum absolute atomic E-state index is 12.2. The van der Waals surface area contributed by atoms with Gasteiger partial charge in [-0.2, -0.15) is 0 Å².